The first-order valence-electron chi connectivity index (χ1n) is 7.81. The highest BCUT2D eigenvalue weighted by Gasteiger charge is 2.14. The van der Waals surface area contributed by atoms with Crippen molar-refractivity contribution < 1.29 is 19.2 Å². The molecule has 132 valence electrons. The third-order valence-electron chi connectivity index (χ3n) is 3.78. The summed E-state index contributed by atoms with van der Waals surface area (Å²) in [5.41, 5.74) is 0.0734. The van der Waals surface area contributed by atoms with E-state index >= 15 is 0 Å². The molecule has 0 fully saturated rings. The molecule has 7 nitrogen and oxygen atoms in total. The molecule has 0 atom stereocenters. The summed E-state index contributed by atoms with van der Waals surface area (Å²) in [6, 6.07) is 17.2. The Morgan fingerprint density at radius 2 is 1.85 bits per heavy atom. The van der Waals surface area contributed by atoms with E-state index in [1.807, 2.05) is 36.4 Å². The van der Waals surface area contributed by atoms with E-state index in [9.17, 15) is 14.9 Å². The second-order valence-corrected chi connectivity index (χ2v) is 5.46. The minimum absolute atomic E-state index is 0.143. The Bertz CT molecular complexity index is 966. The number of carbonyl (C=O) groups excluding carboxylic acids is 1. The number of methoxy groups -OCH3 is 1. The third kappa shape index (κ3) is 3.72. The molecule has 7 heteroatoms. The monoisotopic (exact) mass is 352 g/mol. The van der Waals surface area contributed by atoms with Gasteiger partial charge in [0, 0.05) is 17.5 Å². The normalized spacial score (nSPS) is 10.3. The molecule has 0 aliphatic carbocycles. The van der Waals surface area contributed by atoms with Crippen molar-refractivity contribution in [2.45, 2.75) is 0 Å². The van der Waals surface area contributed by atoms with Crippen LogP contribution in [0, 0.1) is 10.1 Å². The predicted molar refractivity (Wildman–Crippen MR) is 97.7 cm³/mol. The molecule has 1 N–H and O–H groups in total. The molecule has 0 aromatic heterocycles. The molecule has 1 amide bonds. The smallest absolute Gasteiger partial charge is 0.271 e. The first-order chi connectivity index (χ1) is 12.6. The van der Waals surface area contributed by atoms with Gasteiger partial charge in [-0.25, -0.2) is 0 Å². The van der Waals surface area contributed by atoms with Crippen molar-refractivity contribution in [3.05, 3.63) is 70.8 Å². The van der Waals surface area contributed by atoms with Gasteiger partial charge in [0.1, 0.15) is 11.5 Å². The summed E-state index contributed by atoms with van der Waals surface area (Å²) in [7, 11) is 1.42. The number of nitrogens with zero attached hydrogens (tertiary/aromatic N) is 1. The maximum atomic E-state index is 12.2. The number of nitro groups is 1. The van der Waals surface area contributed by atoms with Crippen LogP contribution >= 0.6 is 0 Å². The lowest BCUT2D eigenvalue weighted by atomic mass is 10.1. The van der Waals surface area contributed by atoms with Crippen LogP contribution in [0.4, 0.5) is 11.4 Å². The van der Waals surface area contributed by atoms with Gasteiger partial charge in [-0.2, -0.15) is 0 Å². The van der Waals surface area contributed by atoms with Crippen molar-refractivity contribution in [2.75, 3.05) is 19.0 Å². The predicted octanol–water partition coefficient (Wildman–Crippen LogP) is 3.77. The van der Waals surface area contributed by atoms with Gasteiger partial charge in [-0.05, 0) is 17.5 Å². The zero-order valence-corrected chi connectivity index (χ0v) is 14.0. The van der Waals surface area contributed by atoms with Crippen LogP contribution in [0.1, 0.15) is 0 Å². The molecule has 0 aliphatic heterocycles. The Kier molecular flexibility index (Phi) is 4.98. The maximum absolute atomic E-state index is 12.2. The molecule has 0 unspecified atom stereocenters. The first-order valence-corrected chi connectivity index (χ1v) is 7.81. The van der Waals surface area contributed by atoms with Gasteiger partial charge >= 0.3 is 0 Å². The molecule has 0 saturated heterocycles. The molecule has 26 heavy (non-hydrogen) atoms. The molecule has 0 spiro atoms. The van der Waals surface area contributed by atoms with E-state index in [0.717, 1.165) is 10.8 Å². The van der Waals surface area contributed by atoms with Crippen molar-refractivity contribution in [1.29, 1.82) is 0 Å². The number of fused-ring (bicyclic) bond motifs is 1. The Labute approximate surface area is 149 Å². The van der Waals surface area contributed by atoms with E-state index in [2.05, 4.69) is 5.32 Å². The van der Waals surface area contributed by atoms with Gasteiger partial charge in [0.15, 0.2) is 6.61 Å². The van der Waals surface area contributed by atoms with Gasteiger partial charge in [0.25, 0.3) is 11.6 Å². The SMILES string of the molecule is COc1ccc([N+](=O)[O-])cc1NC(=O)COc1cccc2ccccc12. The van der Waals surface area contributed by atoms with Crippen molar-refractivity contribution in [1.82, 2.24) is 0 Å². The van der Waals surface area contributed by atoms with Gasteiger partial charge in [0.2, 0.25) is 0 Å². The van der Waals surface area contributed by atoms with E-state index in [1.54, 1.807) is 6.07 Å². The number of non-ortho nitro benzene ring substituents is 1. The molecule has 0 heterocycles. The van der Waals surface area contributed by atoms with Crippen molar-refractivity contribution in [2.24, 2.45) is 0 Å². The molecule has 0 bridgehead atoms. The molecule has 0 aliphatic rings. The highest BCUT2D eigenvalue weighted by molar-refractivity contribution is 5.94. The fourth-order valence-corrected chi connectivity index (χ4v) is 2.56. The van der Waals surface area contributed by atoms with Crippen LogP contribution < -0.4 is 14.8 Å². The second kappa shape index (κ2) is 7.52. The Hall–Kier alpha value is -3.61. The number of ether oxygens (including phenoxy) is 2. The van der Waals surface area contributed by atoms with Crippen LogP contribution in [0.2, 0.25) is 0 Å². The summed E-state index contributed by atoms with van der Waals surface area (Å²) in [5.74, 6) is 0.468. The van der Waals surface area contributed by atoms with E-state index in [4.69, 9.17) is 9.47 Å². The lowest BCUT2D eigenvalue weighted by molar-refractivity contribution is -0.384. The summed E-state index contributed by atoms with van der Waals surface area (Å²) in [4.78, 5) is 22.6. The molecule has 3 rings (SSSR count). The quantitative estimate of drug-likeness (QED) is 0.538. The minimum atomic E-state index is -0.540. The molecular formula is C19H16N2O5. The highest BCUT2D eigenvalue weighted by Crippen LogP contribution is 2.29. The fourth-order valence-electron chi connectivity index (χ4n) is 2.56. The van der Waals surface area contributed by atoms with E-state index < -0.39 is 10.8 Å². The first kappa shape index (κ1) is 17.2. The van der Waals surface area contributed by atoms with Gasteiger partial charge in [-0.3, -0.25) is 14.9 Å². The van der Waals surface area contributed by atoms with Gasteiger partial charge in [0.05, 0.1) is 17.7 Å². The zero-order valence-electron chi connectivity index (χ0n) is 14.0. The largest absolute Gasteiger partial charge is 0.495 e. The van der Waals surface area contributed by atoms with Crippen LogP contribution in [-0.4, -0.2) is 24.5 Å². The number of nitrogens with one attached hydrogen (secondary N) is 1. The lowest BCUT2D eigenvalue weighted by Gasteiger charge is -2.12. The van der Waals surface area contributed by atoms with Crippen LogP contribution in [0.5, 0.6) is 11.5 Å². The fraction of sp³-hybridized carbons (Fsp3) is 0.105. The summed E-state index contributed by atoms with van der Waals surface area (Å²) >= 11 is 0. The van der Waals surface area contributed by atoms with E-state index in [0.29, 0.717) is 11.5 Å². The highest BCUT2D eigenvalue weighted by atomic mass is 16.6. The number of hydrogen-bond donors (Lipinski definition) is 1. The van der Waals surface area contributed by atoms with E-state index in [1.165, 1.54) is 25.3 Å². The molecule has 0 saturated carbocycles. The number of nitro benzene ring substituents is 1. The second-order valence-electron chi connectivity index (χ2n) is 5.46. The van der Waals surface area contributed by atoms with Gasteiger partial charge in [-0.15, -0.1) is 0 Å². The number of carbonyl (C=O) groups is 1. The zero-order chi connectivity index (χ0) is 18.5. The molecule has 0 radical (unpaired) electrons. The van der Waals surface area contributed by atoms with Gasteiger partial charge < -0.3 is 14.8 Å². The average Bonchev–Trinajstić information content (AvgIpc) is 2.66. The molecule has 3 aromatic carbocycles. The van der Waals surface area contributed by atoms with Gasteiger partial charge in [-0.1, -0.05) is 36.4 Å². The minimum Gasteiger partial charge on any atom is -0.495 e. The summed E-state index contributed by atoms with van der Waals surface area (Å²) in [5, 5.41) is 15.4. The number of benzene rings is 3. The van der Waals surface area contributed by atoms with Crippen molar-refractivity contribution in [3.8, 4) is 11.5 Å². The maximum Gasteiger partial charge on any atom is 0.271 e. The summed E-state index contributed by atoms with van der Waals surface area (Å²) in [6.07, 6.45) is 0. The molecule has 3 aromatic rings. The lowest BCUT2D eigenvalue weighted by Crippen LogP contribution is -2.20. The Balaban J connectivity index is 1.73. The average molecular weight is 352 g/mol. The summed E-state index contributed by atoms with van der Waals surface area (Å²) < 4.78 is 10.7. The number of hydrogen-bond acceptors (Lipinski definition) is 5. The standard InChI is InChI=1S/C19H16N2O5/c1-25-18-10-9-14(21(23)24)11-16(18)20-19(22)12-26-17-8-4-6-13-5-2-3-7-15(13)17/h2-11H,12H2,1H3,(H,20,22). The summed E-state index contributed by atoms with van der Waals surface area (Å²) in [6.45, 7) is -0.236. The molecular weight excluding hydrogens is 336 g/mol. The van der Waals surface area contributed by atoms with Crippen LogP contribution in [-0.2, 0) is 4.79 Å². The third-order valence-corrected chi connectivity index (χ3v) is 3.78. The van der Waals surface area contributed by atoms with E-state index in [-0.39, 0.29) is 18.0 Å². The van der Waals surface area contributed by atoms with Crippen molar-refractivity contribution in [3.63, 3.8) is 0 Å². The van der Waals surface area contributed by atoms with Crippen molar-refractivity contribution >= 4 is 28.1 Å². The van der Waals surface area contributed by atoms with Crippen LogP contribution in [0.15, 0.2) is 60.7 Å². The number of rotatable bonds is 6. The number of amides is 1. The Morgan fingerprint density at radius 3 is 2.62 bits per heavy atom. The Morgan fingerprint density at radius 1 is 1.08 bits per heavy atom. The topological polar surface area (TPSA) is 90.7 Å². The number of anilines is 1. The van der Waals surface area contributed by atoms with Crippen LogP contribution in [0.3, 0.4) is 0 Å². The van der Waals surface area contributed by atoms with Crippen LogP contribution in [0.25, 0.3) is 10.8 Å².